The SMILES string of the molecule is CCCCCCCCCCCCCCC#C[C@H](COP(=O)(O)OC[C@H]1O[C@@](C#N)(c2ccc3c(N)ncnn23)[C@H](O)[C@@H]1O)OCc1ccccc1. The van der Waals surface area contributed by atoms with Crippen LogP contribution in [-0.4, -0.2) is 67.3 Å². The smallest absolute Gasteiger partial charge is 0.387 e. The van der Waals surface area contributed by atoms with Gasteiger partial charge in [0.1, 0.15) is 42.3 Å². The maximum Gasteiger partial charge on any atom is 0.472 e. The van der Waals surface area contributed by atoms with Crippen LogP contribution in [0, 0.1) is 23.2 Å². The van der Waals surface area contributed by atoms with Crippen molar-refractivity contribution in [1.29, 1.82) is 5.26 Å². The second kappa shape index (κ2) is 20.6. The van der Waals surface area contributed by atoms with Crippen molar-refractivity contribution in [1.82, 2.24) is 14.6 Å². The van der Waals surface area contributed by atoms with Gasteiger partial charge in [0.15, 0.2) is 5.82 Å². The molecule has 1 aliphatic rings. The average Bonchev–Trinajstić information content (AvgIpc) is 3.68. The van der Waals surface area contributed by atoms with Crippen LogP contribution in [0.3, 0.4) is 0 Å². The zero-order chi connectivity index (χ0) is 36.5. The van der Waals surface area contributed by atoms with Gasteiger partial charge in [-0.3, -0.25) is 9.05 Å². The van der Waals surface area contributed by atoms with Gasteiger partial charge in [0, 0.05) is 6.42 Å². The summed E-state index contributed by atoms with van der Waals surface area (Å²) in [5.41, 5.74) is 5.18. The minimum Gasteiger partial charge on any atom is -0.387 e. The van der Waals surface area contributed by atoms with Crippen LogP contribution < -0.4 is 5.73 Å². The van der Waals surface area contributed by atoms with E-state index in [0.29, 0.717) is 11.9 Å². The largest absolute Gasteiger partial charge is 0.472 e. The lowest BCUT2D eigenvalue weighted by Crippen LogP contribution is -2.41. The monoisotopic (exact) mass is 725 g/mol. The van der Waals surface area contributed by atoms with Crippen molar-refractivity contribution in [3.05, 3.63) is 60.0 Å². The van der Waals surface area contributed by atoms with Crippen LogP contribution in [0.5, 0.6) is 0 Å². The first-order chi connectivity index (χ1) is 24.7. The highest BCUT2D eigenvalue weighted by molar-refractivity contribution is 7.47. The molecule has 0 saturated carbocycles. The lowest BCUT2D eigenvalue weighted by atomic mass is 9.92. The first-order valence-electron chi connectivity index (χ1n) is 18.0. The molecule has 0 radical (unpaired) electrons. The third-order valence-electron chi connectivity index (χ3n) is 8.99. The zero-order valence-electron chi connectivity index (χ0n) is 29.4. The summed E-state index contributed by atoms with van der Waals surface area (Å²) in [6, 6.07) is 14.4. The third kappa shape index (κ3) is 11.8. The van der Waals surface area contributed by atoms with Gasteiger partial charge in [0.2, 0.25) is 5.60 Å². The number of rotatable bonds is 22. The average molecular weight is 726 g/mol. The molecular weight excluding hydrogens is 673 g/mol. The molecule has 4 rings (SSSR count). The van der Waals surface area contributed by atoms with Crippen LogP contribution in [0.4, 0.5) is 5.82 Å². The van der Waals surface area contributed by atoms with Gasteiger partial charge in [0.05, 0.1) is 25.5 Å². The molecule has 1 saturated heterocycles. The van der Waals surface area contributed by atoms with Crippen LogP contribution in [0.15, 0.2) is 48.8 Å². The molecule has 6 atom stereocenters. The van der Waals surface area contributed by atoms with Gasteiger partial charge >= 0.3 is 7.82 Å². The van der Waals surface area contributed by atoms with Crippen LogP contribution >= 0.6 is 7.82 Å². The topological polar surface area (TPSA) is 195 Å². The number of aliphatic hydroxyl groups is 2. The Hall–Kier alpha value is -3.36. The van der Waals surface area contributed by atoms with Gasteiger partial charge in [-0.25, -0.2) is 14.1 Å². The quantitative estimate of drug-likeness (QED) is 0.0540. The van der Waals surface area contributed by atoms with E-state index in [1.165, 1.54) is 81.1 Å². The Bertz CT molecular complexity index is 1640. The summed E-state index contributed by atoms with van der Waals surface area (Å²) in [6.45, 7) is 1.43. The van der Waals surface area contributed by atoms with E-state index < -0.39 is 44.4 Å². The number of fused-ring (bicyclic) bond motifs is 1. The van der Waals surface area contributed by atoms with Crippen LogP contribution in [0.2, 0.25) is 0 Å². The van der Waals surface area contributed by atoms with E-state index in [1.807, 2.05) is 36.4 Å². The molecule has 1 aliphatic heterocycles. The Labute approximate surface area is 300 Å². The van der Waals surface area contributed by atoms with Gasteiger partial charge in [-0.05, 0) is 24.1 Å². The van der Waals surface area contributed by atoms with Crippen molar-refractivity contribution in [3.8, 4) is 17.9 Å². The lowest BCUT2D eigenvalue weighted by Gasteiger charge is -2.24. The van der Waals surface area contributed by atoms with Crippen molar-refractivity contribution >= 4 is 19.2 Å². The predicted octanol–water partition coefficient (Wildman–Crippen LogP) is 5.96. The fourth-order valence-corrected chi connectivity index (χ4v) is 6.79. The van der Waals surface area contributed by atoms with E-state index in [2.05, 4.69) is 28.8 Å². The first kappa shape index (κ1) is 40.4. The fraction of sp³-hybridized carbons (Fsp3) is 0.595. The van der Waals surface area contributed by atoms with E-state index in [-0.39, 0.29) is 24.7 Å². The fourth-order valence-electron chi connectivity index (χ4n) is 6.06. The van der Waals surface area contributed by atoms with Crippen molar-refractivity contribution in [2.24, 2.45) is 0 Å². The number of aliphatic hydroxyl groups excluding tert-OH is 2. The molecular formula is C37H52N5O8P. The second-order valence-electron chi connectivity index (χ2n) is 12.9. The van der Waals surface area contributed by atoms with E-state index in [9.17, 15) is 24.9 Å². The minimum atomic E-state index is -4.72. The number of phosphoric ester groups is 1. The summed E-state index contributed by atoms with van der Waals surface area (Å²) in [5.74, 6) is 6.29. The Morgan fingerprint density at radius 3 is 2.33 bits per heavy atom. The molecule has 0 spiro atoms. The van der Waals surface area contributed by atoms with E-state index in [0.717, 1.165) is 18.4 Å². The molecule has 0 bridgehead atoms. The highest BCUT2D eigenvalue weighted by Crippen LogP contribution is 2.46. The van der Waals surface area contributed by atoms with Gasteiger partial charge in [-0.2, -0.15) is 10.4 Å². The number of nitrogens with zero attached hydrogens (tertiary/aromatic N) is 4. The number of hydrogen-bond acceptors (Lipinski definition) is 11. The summed E-state index contributed by atoms with van der Waals surface area (Å²) < 4.78 is 36.4. The number of nitriles is 1. The van der Waals surface area contributed by atoms with Gasteiger partial charge in [0.25, 0.3) is 0 Å². The molecule has 0 aliphatic carbocycles. The number of ether oxygens (including phenoxy) is 2. The second-order valence-corrected chi connectivity index (χ2v) is 14.4. The molecule has 1 unspecified atom stereocenters. The molecule has 1 aromatic carbocycles. The normalized spacial score (nSPS) is 21.9. The molecule has 278 valence electrons. The van der Waals surface area contributed by atoms with Crippen molar-refractivity contribution in [3.63, 3.8) is 0 Å². The summed E-state index contributed by atoms with van der Waals surface area (Å²) in [6.07, 6.45) is 11.3. The number of benzene rings is 1. The molecule has 2 aromatic heterocycles. The predicted molar refractivity (Wildman–Crippen MR) is 192 cm³/mol. The Kier molecular flexibility index (Phi) is 16.3. The highest BCUT2D eigenvalue weighted by atomic mass is 31.2. The van der Waals surface area contributed by atoms with Crippen molar-refractivity contribution < 1.29 is 38.2 Å². The number of aromatic nitrogens is 3. The molecule has 51 heavy (non-hydrogen) atoms. The number of nitrogens with two attached hydrogens (primary N) is 1. The molecule has 1 fully saturated rings. The summed E-state index contributed by atoms with van der Waals surface area (Å²) in [5, 5.41) is 35.9. The molecule has 14 heteroatoms. The minimum absolute atomic E-state index is 0.0899. The summed E-state index contributed by atoms with van der Waals surface area (Å²) in [4.78, 5) is 14.4. The molecule has 0 amide bonds. The number of unbranched alkanes of at least 4 members (excludes halogenated alkanes) is 12. The maximum atomic E-state index is 12.9. The summed E-state index contributed by atoms with van der Waals surface area (Å²) in [7, 11) is -4.72. The van der Waals surface area contributed by atoms with E-state index in [4.69, 9.17) is 24.3 Å². The Morgan fingerprint density at radius 1 is 1.00 bits per heavy atom. The Morgan fingerprint density at radius 2 is 1.67 bits per heavy atom. The van der Waals surface area contributed by atoms with Crippen LogP contribution in [0.25, 0.3) is 5.52 Å². The Balaban J connectivity index is 1.25. The van der Waals surface area contributed by atoms with Crippen LogP contribution in [0.1, 0.15) is 102 Å². The van der Waals surface area contributed by atoms with Gasteiger partial charge in [-0.1, -0.05) is 114 Å². The molecule has 13 nitrogen and oxygen atoms in total. The molecule has 3 aromatic rings. The first-order valence-corrected chi connectivity index (χ1v) is 19.5. The number of anilines is 1. The van der Waals surface area contributed by atoms with Gasteiger partial charge in [-0.15, -0.1) is 5.92 Å². The van der Waals surface area contributed by atoms with E-state index >= 15 is 0 Å². The van der Waals surface area contributed by atoms with E-state index in [1.54, 1.807) is 6.07 Å². The lowest BCUT2D eigenvalue weighted by molar-refractivity contribution is -0.0650. The summed E-state index contributed by atoms with van der Waals surface area (Å²) >= 11 is 0. The number of nitrogen functional groups attached to an aromatic ring is 1. The third-order valence-corrected chi connectivity index (χ3v) is 9.94. The van der Waals surface area contributed by atoms with Gasteiger partial charge < -0.3 is 30.3 Å². The molecule has 5 N–H and O–H groups in total. The number of hydrogen-bond donors (Lipinski definition) is 4. The van der Waals surface area contributed by atoms with Crippen molar-refractivity contribution in [2.45, 2.75) is 127 Å². The van der Waals surface area contributed by atoms with Crippen molar-refractivity contribution in [2.75, 3.05) is 18.9 Å². The zero-order valence-corrected chi connectivity index (χ0v) is 30.3. The standard InChI is InChI=1S/C37H52N5O8P/c1-2-3-4-5-6-7-8-9-10-11-12-13-14-18-21-30(47-24-29-19-16-15-17-20-29)25-48-51(45,46)49-26-32-34(43)35(44)37(27-38,50-32)33-23-22-31-36(39)40-28-41-42(31)33/h15-17,19-20,22-23,28,30,32,34-35,43-44H,2-14,24-26H2,1H3,(H,45,46)(H2,39,40,41)/t30-,32-,34-,35-,37+/m1/s1. The maximum absolute atomic E-state index is 12.9. The molecule has 3 heterocycles. The number of phosphoric acid groups is 1. The van der Waals surface area contributed by atoms with Crippen LogP contribution in [-0.2, 0) is 35.3 Å². The highest BCUT2D eigenvalue weighted by Gasteiger charge is 2.58.